The molecular formula is C16H16O3S. The second kappa shape index (κ2) is 9.81. The molecule has 1 aromatic carbocycles. The van der Waals surface area contributed by atoms with Crippen molar-refractivity contribution in [3.63, 3.8) is 0 Å². The first kappa shape index (κ1) is 16.0. The molecule has 0 atom stereocenters. The van der Waals surface area contributed by atoms with Crippen molar-refractivity contribution < 1.29 is 14.3 Å². The molecule has 0 aliphatic rings. The van der Waals surface area contributed by atoms with E-state index in [9.17, 15) is 9.59 Å². The average Bonchev–Trinajstić information content (AvgIpc) is 2.45. The Balaban J connectivity index is 2.24. The molecule has 0 fully saturated rings. The fourth-order valence-corrected chi connectivity index (χ4v) is 1.62. The maximum absolute atomic E-state index is 11.3. The van der Waals surface area contributed by atoms with Gasteiger partial charge in [-0.1, -0.05) is 48.2 Å². The van der Waals surface area contributed by atoms with Crippen molar-refractivity contribution in [2.45, 2.75) is 6.92 Å². The minimum Gasteiger partial charge on any atom is -0.465 e. The molecule has 0 saturated carbocycles. The highest BCUT2D eigenvalue weighted by molar-refractivity contribution is 8.14. The van der Waals surface area contributed by atoms with Crippen LogP contribution in [0.3, 0.4) is 0 Å². The highest BCUT2D eigenvalue weighted by atomic mass is 32.2. The number of para-hydroxylation sites is 1. The van der Waals surface area contributed by atoms with Crippen molar-refractivity contribution in [1.29, 1.82) is 0 Å². The van der Waals surface area contributed by atoms with Gasteiger partial charge in [-0.05, 0) is 24.3 Å². The van der Waals surface area contributed by atoms with Crippen LogP contribution in [-0.4, -0.2) is 16.7 Å². The number of rotatable bonds is 7. The van der Waals surface area contributed by atoms with Crippen molar-refractivity contribution >= 4 is 22.7 Å². The predicted octanol–water partition coefficient (Wildman–Crippen LogP) is 3.54. The summed E-state index contributed by atoms with van der Waals surface area (Å²) in [7, 11) is 0. The highest BCUT2D eigenvalue weighted by Crippen LogP contribution is 2.08. The lowest BCUT2D eigenvalue weighted by molar-refractivity contribution is -0.113. The van der Waals surface area contributed by atoms with Crippen molar-refractivity contribution in [3.05, 3.63) is 67.0 Å². The lowest BCUT2D eigenvalue weighted by Crippen LogP contribution is -1.98. The number of carbonyl (C=O) groups is 2. The van der Waals surface area contributed by atoms with Gasteiger partial charge in [0.25, 0.3) is 0 Å². The molecule has 0 radical (unpaired) electrons. The maximum atomic E-state index is 11.3. The first-order chi connectivity index (χ1) is 9.68. The van der Waals surface area contributed by atoms with E-state index in [1.807, 2.05) is 30.3 Å². The summed E-state index contributed by atoms with van der Waals surface area (Å²) in [5.74, 6) is 0.871. The van der Waals surface area contributed by atoms with Crippen LogP contribution in [0.4, 0.5) is 0 Å². The van der Waals surface area contributed by atoms with Gasteiger partial charge in [0, 0.05) is 6.92 Å². The van der Waals surface area contributed by atoms with Gasteiger partial charge in [-0.3, -0.25) is 9.59 Å². The molecule has 4 heteroatoms. The molecule has 0 aliphatic heterocycles. The van der Waals surface area contributed by atoms with Crippen LogP contribution in [0.1, 0.15) is 6.92 Å². The fourth-order valence-electron chi connectivity index (χ4n) is 1.17. The van der Waals surface area contributed by atoms with E-state index in [1.165, 1.54) is 13.0 Å². The molecule has 0 N–H and O–H groups in total. The van der Waals surface area contributed by atoms with E-state index >= 15 is 0 Å². The third kappa shape index (κ3) is 8.11. The van der Waals surface area contributed by atoms with Crippen LogP contribution in [0, 0.1) is 0 Å². The standard InChI is InChI=1S/C16H16O3S/c1-14(17)20-13-15(18)9-5-2-3-8-12-19-16-10-6-4-7-11-16/h2-12H,13H2,1H3/b3-2+,9-5+,12-8+. The number of hydrogen-bond donors (Lipinski definition) is 0. The number of allylic oxidation sites excluding steroid dienone is 5. The van der Waals surface area contributed by atoms with Crippen molar-refractivity contribution in [1.82, 2.24) is 0 Å². The summed E-state index contributed by atoms with van der Waals surface area (Å²) < 4.78 is 5.33. The highest BCUT2D eigenvalue weighted by Gasteiger charge is 1.98. The van der Waals surface area contributed by atoms with Crippen LogP contribution < -0.4 is 4.74 Å². The molecule has 0 saturated heterocycles. The van der Waals surface area contributed by atoms with Crippen molar-refractivity contribution in [2.75, 3.05) is 5.75 Å². The van der Waals surface area contributed by atoms with E-state index in [2.05, 4.69) is 0 Å². The van der Waals surface area contributed by atoms with Gasteiger partial charge in [-0.15, -0.1) is 0 Å². The van der Waals surface area contributed by atoms with E-state index < -0.39 is 0 Å². The molecule has 0 spiro atoms. The summed E-state index contributed by atoms with van der Waals surface area (Å²) in [5, 5.41) is -0.0525. The number of benzene rings is 1. The summed E-state index contributed by atoms with van der Waals surface area (Å²) >= 11 is 1.01. The minimum absolute atomic E-state index is 0.0525. The zero-order valence-electron chi connectivity index (χ0n) is 11.2. The van der Waals surface area contributed by atoms with Gasteiger partial charge >= 0.3 is 0 Å². The molecule has 3 nitrogen and oxygen atoms in total. The van der Waals surface area contributed by atoms with E-state index in [4.69, 9.17) is 4.74 Å². The fraction of sp³-hybridized carbons (Fsp3) is 0.125. The minimum atomic E-state index is -0.0839. The van der Waals surface area contributed by atoms with Crippen molar-refractivity contribution in [3.8, 4) is 5.75 Å². The summed E-state index contributed by atoms with van der Waals surface area (Å²) in [6, 6.07) is 9.43. The monoisotopic (exact) mass is 288 g/mol. The number of hydrogen-bond acceptors (Lipinski definition) is 4. The third-order valence-electron chi connectivity index (χ3n) is 2.06. The Morgan fingerprint density at radius 3 is 2.50 bits per heavy atom. The summed E-state index contributed by atoms with van der Waals surface area (Å²) in [6.07, 6.45) is 9.85. The van der Waals surface area contributed by atoms with Gasteiger partial charge in [-0.25, -0.2) is 0 Å². The van der Waals surface area contributed by atoms with Gasteiger partial charge in [0.2, 0.25) is 0 Å². The van der Waals surface area contributed by atoms with E-state index in [0.29, 0.717) is 0 Å². The Morgan fingerprint density at radius 1 is 1.10 bits per heavy atom. The molecule has 104 valence electrons. The summed E-state index contributed by atoms with van der Waals surface area (Å²) in [6.45, 7) is 1.44. The molecule has 0 unspecified atom stereocenters. The Labute approximate surface area is 123 Å². The molecule has 20 heavy (non-hydrogen) atoms. The third-order valence-corrected chi connectivity index (χ3v) is 2.89. The Hall–Kier alpha value is -2.07. The number of carbonyl (C=O) groups excluding carboxylic acids is 2. The molecule has 0 aromatic heterocycles. The number of thioether (sulfide) groups is 1. The van der Waals surface area contributed by atoms with Crippen LogP contribution in [0.25, 0.3) is 0 Å². The van der Waals surface area contributed by atoms with Crippen LogP contribution in [-0.2, 0) is 9.59 Å². The predicted molar refractivity (Wildman–Crippen MR) is 82.6 cm³/mol. The van der Waals surface area contributed by atoms with Gasteiger partial charge < -0.3 is 4.74 Å². The average molecular weight is 288 g/mol. The Kier molecular flexibility index (Phi) is 7.84. The molecule has 0 bridgehead atoms. The van der Waals surface area contributed by atoms with Gasteiger partial charge in [-0.2, -0.15) is 0 Å². The lowest BCUT2D eigenvalue weighted by Gasteiger charge is -1.96. The quantitative estimate of drug-likeness (QED) is 0.437. The van der Waals surface area contributed by atoms with Gasteiger partial charge in [0.15, 0.2) is 10.9 Å². The SMILES string of the molecule is CC(=O)SCC(=O)/C=C/C=C/C=C/Oc1ccccc1. The van der Waals surface area contributed by atoms with Crippen LogP contribution in [0.15, 0.2) is 67.0 Å². The molecule has 1 aromatic rings. The topological polar surface area (TPSA) is 43.4 Å². The molecule has 0 amide bonds. The number of ketones is 1. The van der Waals surface area contributed by atoms with Crippen LogP contribution in [0.2, 0.25) is 0 Å². The zero-order valence-corrected chi connectivity index (χ0v) is 12.0. The molecular weight excluding hydrogens is 272 g/mol. The smallest absolute Gasteiger partial charge is 0.186 e. The van der Waals surface area contributed by atoms with Crippen molar-refractivity contribution in [2.24, 2.45) is 0 Å². The molecule has 0 heterocycles. The summed E-state index contributed by atoms with van der Waals surface area (Å²) in [5.41, 5.74) is 0. The second-order valence-corrected chi connectivity index (χ2v) is 4.90. The Bertz CT molecular complexity index is 516. The zero-order chi connectivity index (χ0) is 14.6. The number of ether oxygens (including phenoxy) is 1. The van der Waals surface area contributed by atoms with Crippen LogP contribution >= 0.6 is 11.8 Å². The summed E-state index contributed by atoms with van der Waals surface area (Å²) in [4.78, 5) is 21.9. The van der Waals surface area contributed by atoms with E-state index in [1.54, 1.807) is 30.6 Å². The largest absolute Gasteiger partial charge is 0.465 e. The maximum Gasteiger partial charge on any atom is 0.186 e. The van der Waals surface area contributed by atoms with Gasteiger partial charge in [0.1, 0.15) is 5.75 Å². The van der Waals surface area contributed by atoms with Gasteiger partial charge in [0.05, 0.1) is 12.0 Å². The van der Waals surface area contributed by atoms with E-state index in [-0.39, 0.29) is 16.7 Å². The lowest BCUT2D eigenvalue weighted by atomic mass is 10.3. The second-order valence-electron chi connectivity index (χ2n) is 3.75. The first-order valence-electron chi connectivity index (χ1n) is 6.06. The molecule has 0 aliphatic carbocycles. The molecule has 1 rings (SSSR count). The first-order valence-corrected chi connectivity index (χ1v) is 7.05. The normalized spacial score (nSPS) is 11.4. The Morgan fingerprint density at radius 2 is 1.80 bits per heavy atom. The van der Waals surface area contributed by atoms with Crippen LogP contribution in [0.5, 0.6) is 5.75 Å². The van der Waals surface area contributed by atoms with E-state index in [0.717, 1.165) is 17.5 Å².